The van der Waals surface area contributed by atoms with Crippen molar-refractivity contribution >= 4 is 11.7 Å². The van der Waals surface area contributed by atoms with Gasteiger partial charge in [0.2, 0.25) is 0 Å². The van der Waals surface area contributed by atoms with E-state index in [-0.39, 0.29) is 17.5 Å². The lowest BCUT2D eigenvalue weighted by molar-refractivity contribution is 0.218. The zero-order valence-corrected chi connectivity index (χ0v) is 14.0. The molecule has 23 heavy (non-hydrogen) atoms. The number of carbonyl (C=O) groups is 1. The minimum absolute atomic E-state index is 0.0325. The monoisotopic (exact) mass is 316 g/mol. The Morgan fingerprint density at radius 2 is 2.00 bits per heavy atom. The number of imidazole rings is 1. The number of nitrogens with zero attached hydrogens (tertiary/aromatic N) is 2. The Balaban J connectivity index is 1.99. The van der Waals surface area contributed by atoms with Gasteiger partial charge in [-0.3, -0.25) is 0 Å². The van der Waals surface area contributed by atoms with Crippen molar-refractivity contribution in [3.05, 3.63) is 43.0 Å². The lowest BCUT2D eigenvalue weighted by Crippen LogP contribution is -2.47. The first-order valence-electron chi connectivity index (χ1n) is 7.56. The summed E-state index contributed by atoms with van der Waals surface area (Å²) in [4.78, 5) is 16.3. The Labute approximate surface area is 136 Å². The van der Waals surface area contributed by atoms with Gasteiger partial charge in [-0.2, -0.15) is 0 Å². The highest BCUT2D eigenvalue weighted by Gasteiger charge is 2.26. The molecule has 0 spiro atoms. The molecule has 0 aliphatic heterocycles. The van der Waals surface area contributed by atoms with Crippen molar-refractivity contribution < 1.29 is 9.53 Å². The minimum Gasteiger partial charge on any atom is -0.497 e. The van der Waals surface area contributed by atoms with Crippen LogP contribution in [0, 0.1) is 5.41 Å². The number of ether oxygens (including phenoxy) is 1. The third kappa shape index (κ3) is 5.02. The van der Waals surface area contributed by atoms with Crippen LogP contribution < -0.4 is 15.4 Å². The molecule has 0 saturated carbocycles. The van der Waals surface area contributed by atoms with E-state index >= 15 is 0 Å². The van der Waals surface area contributed by atoms with Crippen LogP contribution in [0.15, 0.2) is 43.0 Å². The molecule has 0 unspecified atom stereocenters. The highest BCUT2D eigenvalue weighted by molar-refractivity contribution is 5.89. The normalized spacial score (nSPS) is 12.5. The van der Waals surface area contributed by atoms with Crippen LogP contribution in [0.3, 0.4) is 0 Å². The van der Waals surface area contributed by atoms with Gasteiger partial charge in [0, 0.05) is 24.6 Å². The molecule has 1 aromatic carbocycles. The average molecular weight is 316 g/mol. The van der Waals surface area contributed by atoms with Crippen molar-refractivity contribution in [1.29, 1.82) is 0 Å². The lowest BCUT2D eigenvalue weighted by atomic mass is 9.86. The first-order valence-corrected chi connectivity index (χ1v) is 7.56. The van der Waals surface area contributed by atoms with Gasteiger partial charge in [0.25, 0.3) is 0 Å². The van der Waals surface area contributed by atoms with E-state index in [1.807, 2.05) is 22.9 Å². The molecular weight excluding hydrogens is 292 g/mol. The van der Waals surface area contributed by atoms with E-state index in [9.17, 15) is 4.79 Å². The first-order chi connectivity index (χ1) is 10.9. The zero-order chi connectivity index (χ0) is 16.9. The molecule has 6 nitrogen and oxygen atoms in total. The predicted molar refractivity (Wildman–Crippen MR) is 90.6 cm³/mol. The molecule has 6 heteroatoms. The van der Waals surface area contributed by atoms with Gasteiger partial charge in [0.1, 0.15) is 5.75 Å². The maximum Gasteiger partial charge on any atom is 0.319 e. The quantitative estimate of drug-likeness (QED) is 0.890. The van der Waals surface area contributed by atoms with Crippen LogP contribution in [0.1, 0.15) is 20.8 Å². The topological polar surface area (TPSA) is 68.2 Å². The summed E-state index contributed by atoms with van der Waals surface area (Å²) >= 11 is 0. The summed E-state index contributed by atoms with van der Waals surface area (Å²) in [6.07, 6.45) is 5.38. The second-order valence-electron chi connectivity index (χ2n) is 6.51. The SMILES string of the molecule is COc1ccc(NC(=O)N[C@H](Cn2ccnc2)C(C)(C)C)cc1. The molecule has 0 aliphatic carbocycles. The second-order valence-corrected chi connectivity index (χ2v) is 6.51. The van der Waals surface area contributed by atoms with Gasteiger partial charge < -0.3 is 19.9 Å². The van der Waals surface area contributed by atoms with Gasteiger partial charge >= 0.3 is 6.03 Å². The fraction of sp³-hybridized carbons (Fsp3) is 0.412. The first kappa shape index (κ1) is 16.9. The standard InChI is InChI=1S/C17H24N4O2/c1-17(2,3)15(11-21-10-9-18-12-21)20-16(22)19-13-5-7-14(23-4)8-6-13/h5-10,12,15H,11H2,1-4H3,(H2,19,20,22)/t15-/m1/s1. The molecule has 2 aromatic rings. The number of hydrogen-bond donors (Lipinski definition) is 2. The van der Waals surface area contributed by atoms with Gasteiger partial charge in [-0.05, 0) is 29.7 Å². The highest BCUT2D eigenvalue weighted by Crippen LogP contribution is 2.21. The fourth-order valence-electron chi connectivity index (χ4n) is 2.14. The molecule has 1 aromatic heterocycles. The molecule has 2 N–H and O–H groups in total. The van der Waals surface area contributed by atoms with E-state index in [2.05, 4.69) is 36.4 Å². The smallest absolute Gasteiger partial charge is 0.319 e. The average Bonchev–Trinajstić information content (AvgIpc) is 2.99. The van der Waals surface area contributed by atoms with Crippen LogP contribution in [-0.2, 0) is 6.54 Å². The van der Waals surface area contributed by atoms with Gasteiger partial charge in [0.05, 0.1) is 19.5 Å². The van der Waals surface area contributed by atoms with Crippen molar-refractivity contribution in [3.63, 3.8) is 0 Å². The summed E-state index contributed by atoms with van der Waals surface area (Å²) in [6.45, 7) is 6.96. The maximum absolute atomic E-state index is 12.3. The van der Waals surface area contributed by atoms with E-state index in [0.717, 1.165) is 11.4 Å². The number of nitrogens with one attached hydrogen (secondary N) is 2. The van der Waals surface area contributed by atoms with Crippen LogP contribution in [0.5, 0.6) is 5.75 Å². The van der Waals surface area contributed by atoms with Crippen molar-refractivity contribution in [3.8, 4) is 5.75 Å². The molecule has 0 fully saturated rings. The lowest BCUT2D eigenvalue weighted by Gasteiger charge is -2.31. The van der Waals surface area contributed by atoms with E-state index < -0.39 is 0 Å². The summed E-state index contributed by atoms with van der Waals surface area (Å²) in [5.41, 5.74) is 0.639. The number of methoxy groups -OCH3 is 1. The number of anilines is 1. The molecule has 1 atom stereocenters. The van der Waals surface area contributed by atoms with Crippen molar-refractivity contribution in [1.82, 2.24) is 14.9 Å². The summed E-state index contributed by atoms with van der Waals surface area (Å²) < 4.78 is 7.07. The van der Waals surface area contributed by atoms with Gasteiger partial charge in [-0.15, -0.1) is 0 Å². The van der Waals surface area contributed by atoms with Gasteiger partial charge in [-0.1, -0.05) is 20.8 Å². The predicted octanol–water partition coefficient (Wildman–Crippen LogP) is 3.13. The highest BCUT2D eigenvalue weighted by atomic mass is 16.5. The number of urea groups is 1. The van der Waals surface area contributed by atoms with Crippen LogP contribution in [0.25, 0.3) is 0 Å². The van der Waals surface area contributed by atoms with Crippen molar-refractivity contribution in [2.45, 2.75) is 33.4 Å². The Bertz CT molecular complexity index is 615. The largest absolute Gasteiger partial charge is 0.497 e. The molecule has 0 radical (unpaired) electrons. The number of benzene rings is 1. The molecular formula is C17H24N4O2. The minimum atomic E-state index is -0.227. The number of carbonyl (C=O) groups excluding carboxylic acids is 1. The molecule has 0 aliphatic rings. The van der Waals surface area contributed by atoms with Crippen LogP contribution >= 0.6 is 0 Å². The van der Waals surface area contributed by atoms with Gasteiger partial charge in [-0.25, -0.2) is 9.78 Å². The van der Waals surface area contributed by atoms with E-state index in [0.29, 0.717) is 6.54 Å². The Morgan fingerprint density at radius 3 is 2.52 bits per heavy atom. The summed E-state index contributed by atoms with van der Waals surface area (Å²) in [5, 5.41) is 5.89. The maximum atomic E-state index is 12.3. The number of aromatic nitrogens is 2. The summed E-state index contributed by atoms with van der Waals surface area (Å²) in [7, 11) is 1.61. The molecule has 2 rings (SSSR count). The molecule has 0 bridgehead atoms. The third-order valence-electron chi connectivity index (χ3n) is 3.65. The van der Waals surface area contributed by atoms with Crippen LogP contribution in [0.4, 0.5) is 10.5 Å². The van der Waals surface area contributed by atoms with Crippen molar-refractivity contribution in [2.75, 3.05) is 12.4 Å². The van der Waals surface area contributed by atoms with Crippen LogP contribution in [0.2, 0.25) is 0 Å². The number of amides is 2. The Hall–Kier alpha value is -2.50. The summed E-state index contributed by atoms with van der Waals surface area (Å²) in [6, 6.07) is 6.97. The van der Waals surface area contributed by atoms with Crippen LogP contribution in [-0.4, -0.2) is 28.7 Å². The Kier molecular flexibility index (Phi) is 5.26. The van der Waals surface area contributed by atoms with E-state index in [4.69, 9.17) is 4.74 Å². The Morgan fingerprint density at radius 1 is 1.30 bits per heavy atom. The zero-order valence-electron chi connectivity index (χ0n) is 14.0. The van der Waals surface area contributed by atoms with Gasteiger partial charge in [0.15, 0.2) is 0 Å². The second kappa shape index (κ2) is 7.17. The third-order valence-corrected chi connectivity index (χ3v) is 3.65. The fourth-order valence-corrected chi connectivity index (χ4v) is 2.14. The number of rotatable bonds is 5. The number of hydrogen-bond acceptors (Lipinski definition) is 3. The molecule has 0 saturated heterocycles. The molecule has 124 valence electrons. The molecule has 1 heterocycles. The molecule has 2 amide bonds. The van der Waals surface area contributed by atoms with Crippen molar-refractivity contribution in [2.24, 2.45) is 5.41 Å². The van der Waals surface area contributed by atoms with E-state index in [1.165, 1.54) is 0 Å². The van der Waals surface area contributed by atoms with E-state index in [1.54, 1.807) is 31.8 Å². The summed E-state index contributed by atoms with van der Waals surface area (Å²) in [5.74, 6) is 0.753.